The molecule has 0 aliphatic carbocycles. The van der Waals surface area contributed by atoms with Gasteiger partial charge in [-0.3, -0.25) is 14.5 Å². The van der Waals surface area contributed by atoms with Gasteiger partial charge >= 0.3 is 5.97 Å². The molecule has 0 atom stereocenters. The number of hydrogen-bond donors (Lipinski definition) is 1. The molecule has 2 rings (SSSR count). The molecular formula is C12H11NO3. The van der Waals surface area contributed by atoms with E-state index in [0.717, 1.165) is 5.56 Å². The highest BCUT2D eigenvalue weighted by molar-refractivity contribution is 6.10. The fraction of sp³-hybridized carbons (Fsp3) is 0.167. The minimum atomic E-state index is -1.01. The third-order valence-corrected chi connectivity index (χ3v) is 2.54. The monoisotopic (exact) mass is 217 g/mol. The van der Waals surface area contributed by atoms with Crippen molar-refractivity contribution in [2.45, 2.75) is 6.92 Å². The van der Waals surface area contributed by atoms with Gasteiger partial charge in [-0.05, 0) is 13.0 Å². The Kier molecular flexibility index (Phi) is 2.48. The third kappa shape index (κ3) is 1.48. The SMILES string of the molecule is C/C=C1\c2ccccc2C(=O)N1CC(=O)O. The smallest absolute Gasteiger partial charge is 0.323 e. The molecule has 0 saturated carbocycles. The molecule has 1 aromatic rings. The maximum atomic E-state index is 11.9. The highest BCUT2D eigenvalue weighted by Gasteiger charge is 2.32. The zero-order chi connectivity index (χ0) is 11.7. The Labute approximate surface area is 92.8 Å². The van der Waals surface area contributed by atoms with Gasteiger partial charge < -0.3 is 5.11 Å². The van der Waals surface area contributed by atoms with E-state index in [0.29, 0.717) is 11.3 Å². The van der Waals surface area contributed by atoms with Crippen molar-refractivity contribution < 1.29 is 14.7 Å². The van der Waals surface area contributed by atoms with Gasteiger partial charge in [0.25, 0.3) is 5.91 Å². The second-order valence-electron chi connectivity index (χ2n) is 3.50. The van der Waals surface area contributed by atoms with Crippen LogP contribution in [0.5, 0.6) is 0 Å². The molecule has 0 bridgehead atoms. The van der Waals surface area contributed by atoms with Gasteiger partial charge in [0.2, 0.25) is 0 Å². The number of rotatable bonds is 2. The average Bonchev–Trinajstić information content (AvgIpc) is 2.52. The average molecular weight is 217 g/mol. The lowest BCUT2D eigenvalue weighted by atomic mass is 10.1. The first-order valence-electron chi connectivity index (χ1n) is 4.94. The van der Waals surface area contributed by atoms with E-state index in [4.69, 9.17) is 5.11 Å². The van der Waals surface area contributed by atoms with E-state index in [-0.39, 0.29) is 12.5 Å². The molecule has 4 nitrogen and oxygen atoms in total. The minimum Gasteiger partial charge on any atom is -0.480 e. The van der Waals surface area contributed by atoms with Crippen LogP contribution in [0.3, 0.4) is 0 Å². The van der Waals surface area contributed by atoms with Crippen LogP contribution in [-0.2, 0) is 4.79 Å². The summed E-state index contributed by atoms with van der Waals surface area (Å²) in [5.41, 5.74) is 2.04. The number of carbonyl (C=O) groups excluding carboxylic acids is 1. The Morgan fingerprint density at radius 1 is 1.38 bits per heavy atom. The van der Waals surface area contributed by atoms with Crippen LogP contribution < -0.4 is 0 Å². The van der Waals surface area contributed by atoms with Crippen molar-refractivity contribution in [2.75, 3.05) is 6.54 Å². The van der Waals surface area contributed by atoms with E-state index < -0.39 is 5.97 Å². The maximum Gasteiger partial charge on any atom is 0.323 e. The molecule has 0 aromatic heterocycles. The molecule has 0 radical (unpaired) electrons. The summed E-state index contributed by atoms with van der Waals surface area (Å²) >= 11 is 0. The van der Waals surface area contributed by atoms with E-state index in [9.17, 15) is 9.59 Å². The first-order valence-corrected chi connectivity index (χ1v) is 4.94. The van der Waals surface area contributed by atoms with Crippen molar-refractivity contribution in [2.24, 2.45) is 0 Å². The van der Waals surface area contributed by atoms with Crippen LogP contribution in [0.25, 0.3) is 5.70 Å². The van der Waals surface area contributed by atoms with Gasteiger partial charge in [-0.1, -0.05) is 24.3 Å². The van der Waals surface area contributed by atoms with Crippen LogP contribution in [0.2, 0.25) is 0 Å². The molecule has 0 saturated heterocycles. The quantitative estimate of drug-likeness (QED) is 0.818. The lowest BCUT2D eigenvalue weighted by Crippen LogP contribution is -2.29. The molecule has 1 N–H and O–H groups in total. The summed E-state index contributed by atoms with van der Waals surface area (Å²) in [6.45, 7) is 1.49. The summed E-state index contributed by atoms with van der Waals surface area (Å²) in [6.07, 6.45) is 1.76. The summed E-state index contributed by atoms with van der Waals surface area (Å²) in [7, 11) is 0. The van der Waals surface area contributed by atoms with Crippen molar-refractivity contribution >= 4 is 17.6 Å². The van der Waals surface area contributed by atoms with Crippen molar-refractivity contribution in [3.63, 3.8) is 0 Å². The van der Waals surface area contributed by atoms with Crippen LogP contribution in [0.15, 0.2) is 30.3 Å². The second kappa shape index (κ2) is 3.81. The molecular weight excluding hydrogens is 206 g/mol. The van der Waals surface area contributed by atoms with Crippen LogP contribution >= 0.6 is 0 Å². The van der Waals surface area contributed by atoms with Gasteiger partial charge in [-0.25, -0.2) is 0 Å². The molecule has 0 spiro atoms. The normalized spacial score (nSPS) is 16.7. The molecule has 1 aromatic carbocycles. The summed E-state index contributed by atoms with van der Waals surface area (Å²) in [5.74, 6) is -1.26. The number of carbonyl (C=O) groups is 2. The number of amides is 1. The summed E-state index contributed by atoms with van der Waals surface area (Å²) in [6, 6.07) is 7.14. The predicted octanol–water partition coefficient (Wildman–Crippen LogP) is 1.59. The maximum absolute atomic E-state index is 11.9. The highest BCUT2D eigenvalue weighted by Crippen LogP contribution is 2.31. The van der Waals surface area contributed by atoms with Crippen molar-refractivity contribution in [3.8, 4) is 0 Å². The highest BCUT2D eigenvalue weighted by atomic mass is 16.4. The number of aliphatic carboxylic acids is 1. The first kappa shape index (κ1) is 10.4. The standard InChI is InChI=1S/C12H11NO3/c1-2-10-8-5-3-4-6-9(8)12(16)13(10)7-11(14)15/h2-6H,7H2,1H3,(H,14,15)/b10-2+. The Balaban J connectivity index is 2.48. The molecule has 1 aliphatic heterocycles. The zero-order valence-corrected chi connectivity index (χ0v) is 8.80. The lowest BCUT2D eigenvalue weighted by molar-refractivity contribution is -0.137. The van der Waals surface area contributed by atoms with E-state index in [1.165, 1.54) is 4.90 Å². The number of hydrogen-bond acceptors (Lipinski definition) is 2. The van der Waals surface area contributed by atoms with Crippen LogP contribution in [-0.4, -0.2) is 28.4 Å². The molecule has 1 heterocycles. The number of nitrogens with zero attached hydrogens (tertiary/aromatic N) is 1. The fourth-order valence-corrected chi connectivity index (χ4v) is 1.90. The molecule has 82 valence electrons. The van der Waals surface area contributed by atoms with E-state index >= 15 is 0 Å². The Hall–Kier alpha value is -2.10. The van der Waals surface area contributed by atoms with Gasteiger partial charge in [0.05, 0.1) is 0 Å². The van der Waals surface area contributed by atoms with Crippen LogP contribution in [0, 0.1) is 0 Å². The summed E-state index contributed by atoms with van der Waals surface area (Å²) < 4.78 is 0. The summed E-state index contributed by atoms with van der Waals surface area (Å²) in [5, 5.41) is 8.76. The van der Waals surface area contributed by atoms with Gasteiger partial charge in [0.1, 0.15) is 6.54 Å². The number of fused-ring (bicyclic) bond motifs is 1. The van der Waals surface area contributed by atoms with E-state index in [1.54, 1.807) is 25.1 Å². The van der Waals surface area contributed by atoms with Gasteiger partial charge in [-0.15, -0.1) is 0 Å². The van der Waals surface area contributed by atoms with Gasteiger partial charge in [-0.2, -0.15) is 0 Å². The first-order chi connectivity index (χ1) is 7.65. The molecule has 16 heavy (non-hydrogen) atoms. The molecule has 1 amide bonds. The third-order valence-electron chi connectivity index (χ3n) is 2.54. The van der Waals surface area contributed by atoms with Crippen molar-refractivity contribution in [3.05, 3.63) is 41.5 Å². The number of benzene rings is 1. The molecule has 1 aliphatic rings. The Morgan fingerprint density at radius 2 is 2.00 bits per heavy atom. The van der Waals surface area contributed by atoms with Crippen molar-refractivity contribution in [1.82, 2.24) is 4.90 Å². The van der Waals surface area contributed by atoms with E-state index in [1.807, 2.05) is 12.1 Å². The fourth-order valence-electron chi connectivity index (χ4n) is 1.90. The minimum absolute atomic E-state index is 0.244. The molecule has 4 heteroatoms. The number of carboxylic acid groups (broad SMARTS) is 1. The second-order valence-corrected chi connectivity index (χ2v) is 3.50. The van der Waals surface area contributed by atoms with Gasteiger partial charge in [0.15, 0.2) is 0 Å². The molecule has 0 unspecified atom stereocenters. The largest absolute Gasteiger partial charge is 0.480 e. The van der Waals surface area contributed by atoms with Crippen molar-refractivity contribution in [1.29, 1.82) is 0 Å². The van der Waals surface area contributed by atoms with Gasteiger partial charge in [0, 0.05) is 16.8 Å². The Bertz CT molecular complexity index is 491. The topological polar surface area (TPSA) is 57.6 Å². The lowest BCUT2D eigenvalue weighted by Gasteiger charge is -2.14. The zero-order valence-electron chi connectivity index (χ0n) is 8.80. The summed E-state index contributed by atoms with van der Waals surface area (Å²) in [4.78, 5) is 23.9. The van der Waals surface area contributed by atoms with Crippen LogP contribution in [0.4, 0.5) is 0 Å². The molecule has 0 fully saturated rings. The Morgan fingerprint density at radius 3 is 2.56 bits per heavy atom. The van der Waals surface area contributed by atoms with Crippen LogP contribution in [0.1, 0.15) is 22.8 Å². The number of carboxylic acids is 1. The van der Waals surface area contributed by atoms with E-state index in [2.05, 4.69) is 0 Å². The predicted molar refractivity (Wildman–Crippen MR) is 58.8 cm³/mol. The number of allylic oxidation sites excluding steroid dienone is 1.